The lowest BCUT2D eigenvalue weighted by atomic mass is 9.59. The fourth-order valence-corrected chi connectivity index (χ4v) is 4.49. The SMILES string of the molecule is Bc1c(B)c(B)c(-c2c3ccccc3c(C)c3ccccc23)c(B)c1B. The minimum atomic E-state index is 1.36. The highest BCUT2D eigenvalue weighted by atomic mass is 14.2. The molecule has 4 aromatic carbocycles. The Hall–Kier alpha value is -2.28. The first-order valence-electron chi connectivity index (χ1n) is 9.40. The second-order valence-electron chi connectivity index (χ2n) is 7.59. The molecule has 0 spiro atoms. The number of benzene rings is 4. The van der Waals surface area contributed by atoms with Gasteiger partial charge in [-0.1, -0.05) is 59.5 Å². The Balaban J connectivity index is 2.32. The Kier molecular flexibility index (Phi) is 4.06. The number of fused-ring (bicyclic) bond motifs is 2. The monoisotopic (exact) mass is 328 g/mol. The molecule has 0 fully saturated rings. The molecule has 0 aliphatic heterocycles. The maximum Gasteiger partial charge on any atom is 0.139 e. The molecule has 0 atom stereocenters. The quantitative estimate of drug-likeness (QED) is 0.263. The highest BCUT2D eigenvalue weighted by molar-refractivity contribution is 6.69. The van der Waals surface area contributed by atoms with Gasteiger partial charge >= 0.3 is 0 Å². The van der Waals surface area contributed by atoms with Gasteiger partial charge in [-0.15, -0.1) is 16.4 Å². The predicted octanol–water partition coefficient (Wildman–Crippen LogP) is -2.74. The first-order valence-corrected chi connectivity index (χ1v) is 9.40. The molecule has 0 unspecified atom stereocenters. The molecule has 120 valence electrons. The summed E-state index contributed by atoms with van der Waals surface area (Å²) in [6.07, 6.45) is 0. The van der Waals surface area contributed by atoms with Crippen LogP contribution in [0.4, 0.5) is 0 Å². The van der Waals surface area contributed by atoms with Gasteiger partial charge in [-0.05, 0) is 45.2 Å². The van der Waals surface area contributed by atoms with Gasteiger partial charge in [-0.2, -0.15) is 0 Å². The fraction of sp³-hybridized carbons (Fsp3) is 0.0476. The minimum absolute atomic E-state index is 1.36. The van der Waals surface area contributed by atoms with Crippen LogP contribution in [0, 0.1) is 6.92 Å². The maximum atomic E-state index is 2.29. The number of rotatable bonds is 1. The molecule has 0 N–H and O–H groups in total. The van der Waals surface area contributed by atoms with Crippen LogP contribution in [0.1, 0.15) is 5.56 Å². The third kappa shape index (κ3) is 2.30. The summed E-state index contributed by atoms with van der Waals surface area (Å²) in [6, 6.07) is 17.7. The topological polar surface area (TPSA) is 0 Å². The van der Waals surface area contributed by atoms with Crippen LogP contribution in [0.25, 0.3) is 32.7 Å². The van der Waals surface area contributed by atoms with Crippen molar-refractivity contribution in [2.45, 2.75) is 6.92 Å². The molecule has 4 aromatic rings. The zero-order valence-corrected chi connectivity index (χ0v) is 16.6. The summed E-state index contributed by atoms with van der Waals surface area (Å²) in [7, 11) is 11.3. The molecule has 0 bridgehead atoms. The molecule has 4 rings (SSSR count). The van der Waals surface area contributed by atoms with Crippen LogP contribution >= 0.6 is 0 Å². The molecular weight excluding hydrogens is 306 g/mol. The van der Waals surface area contributed by atoms with Gasteiger partial charge in [0.25, 0.3) is 0 Å². The molecule has 0 radical (unpaired) electrons. The van der Waals surface area contributed by atoms with Crippen molar-refractivity contribution in [3.8, 4) is 11.1 Å². The second kappa shape index (κ2) is 6.16. The Morgan fingerprint density at radius 2 is 0.808 bits per heavy atom. The van der Waals surface area contributed by atoms with E-state index in [1.54, 1.807) is 0 Å². The molecule has 0 aliphatic carbocycles. The molecule has 0 amide bonds. The number of hydrogen-bond acceptors (Lipinski definition) is 0. The van der Waals surface area contributed by atoms with E-state index in [0.717, 1.165) is 0 Å². The van der Waals surface area contributed by atoms with E-state index in [4.69, 9.17) is 0 Å². The first kappa shape index (κ1) is 17.2. The summed E-state index contributed by atoms with van der Waals surface area (Å²) in [6.45, 7) is 2.25. The van der Waals surface area contributed by atoms with Crippen molar-refractivity contribution >= 4 is 88.1 Å². The van der Waals surface area contributed by atoms with Crippen molar-refractivity contribution in [3.05, 3.63) is 54.1 Å². The van der Waals surface area contributed by atoms with Crippen LogP contribution in [0.2, 0.25) is 0 Å². The van der Waals surface area contributed by atoms with Crippen molar-refractivity contribution in [2.24, 2.45) is 0 Å². The van der Waals surface area contributed by atoms with Crippen molar-refractivity contribution in [1.82, 2.24) is 0 Å². The van der Waals surface area contributed by atoms with Gasteiger partial charge < -0.3 is 0 Å². The lowest BCUT2D eigenvalue weighted by molar-refractivity contribution is 1.58. The first-order chi connectivity index (χ1) is 12.4. The van der Waals surface area contributed by atoms with E-state index in [2.05, 4.69) is 94.7 Å². The highest BCUT2D eigenvalue weighted by Crippen LogP contribution is 2.37. The molecule has 5 heteroatoms. The van der Waals surface area contributed by atoms with Gasteiger partial charge in [0.1, 0.15) is 39.2 Å². The molecule has 0 saturated carbocycles. The van der Waals surface area contributed by atoms with Crippen molar-refractivity contribution in [1.29, 1.82) is 0 Å². The van der Waals surface area contributed by atoms with E-state index < -0.39 is 0 Å². The summed E-state index contributed by atoms with van der Waals surface area (Å²) >= 11 is 0. The highest BCUT2D eigenvalue weighted by Gasteiger charge is 2.18. The molecule has 0 aliphatic rings. The Morgan fingerprint density at radius 1 is 0.462 bits per heavy atom. The van der Waals surface area contributed by atoms with E-state index in [1.165, 1.54) is 65.5 Å². The van der Waals surface area contributed by atoms with E-state index in [1.807, 2.05) is 0 Å². The van der Waals surface area contributed by atoms with E-state index >= 15 is 0 Å². The van der Waals surface area contributed by atoms with Gasteiger partial charge in [0.15, 0.2) is 0 Å². The van der Waals surface area contributed by atoms with Crippen LogP contribution < -0.4 is 27.3 Å². The normalized spacial score (nSPS) is 11.3. The van der Waals surface area contributed by atoms with Crippen LogP contribution in [-0.4, -0.2) is 39.2 Å². The van der Waals surface area contributed by atoms with Crippen LogP contribution in [0.15, 0.2) is 48.5 Å². The maximum absolute atomic E-state index is 2.29. The lowest BCUT2D eigenvalue weighted by Gasteiger charge is -2.23. The molecule has 0 heterocycles. The zero-order valence-electron chi connectivity index (χ0n) is 16.6. The van der Waals surface area contributed by atoms with Gasteiger partial charge in [-0.25, -0.2) is 0 Å². The lowest BCUT2D eigenvalue weighted by Crippen LogP contribution is -2.55. The third-order valence-corrected chi connectivity index (χ3v) is 6.45. The summed E-state index contributed by atoms with van der Waals surface area (Å²) in [4.78, 5) is 0. The second-order valence-corrected chi connectivity index (χ2v) is 7.59. The van der Waals surface area contributed by atoms with Gasteiger partial charge in [-0.3, -0.25) is 0 Å². The van der Waals surface area contributed by atoms with Crippen LogP contribution in [-0.2, 0) is 0 Å². The predicted molar refractivity (Wildman–Crippen MR) is 133 cm³/mol. The van der Waals surface area contributed by atoms with Gasteiger partial charge in [0.2, 0.25) is 0 Å². The third-order valence-electron chi connectivity index (χ3n) is 6.45. The largest absolute Gasteiger partial charge is 0.139 e. The Morgan fingerprint density at radius 3 is 1.23 bits per heavy atom. The molecule has 0 nitrogen and oxygen atoms in total. The molecule has 0 saturated heterocycles. The Bertz CT molecular complexity index is 1110. The molecule has 0 aromatic heterocycles. The standard InChI is InChI=1S/C21H21B5/c1-10-11-6-2-4-8-13(11)15(14-9-5-3-7-12(10)14)16-17(22)19(24)21(26)20(25)18(16)23/h2-9H,22-26H2,1H3. The average Bonchev–Trinajstić information content (AvgIpc) is 2.67. The number of aryl methyl sites for hydroxylation is 1. The summed E-state index contributed by atoms with van der Waals surface area (Å²) in [5.41, 5.74) is 11.2. The smallest absolute Gasteiger partial charge is 0.102 e. The van der Waals surface area contributed by atoms with E-state index in [-0.39, 0.29) is 0 Å². The van der Waals surface area contributed by atoms with Gasteiger partial charge in [0.05, 0.1) is 0 Å². The Labute approximate surface area is 160 Å². The summed E-state index contributed by atoms with van der Waals surface area (Å²) < 4.78 is 0. The van der Waals surface area contributed by atoms with Crippen molar-refractivity contribution < 1.29 is 0 Å². The van der Waals surface area contributed by atoms with E-state index in [0.29, 0.717) is 0 Å². The van der Waals surface area contributed by atoms with Gasteiger partial charge in [0, 0.05) is 0 Å². The molecule has 26 heavy (non-hydrogen) atoms. The fourth-order valence-electron chi connectivity index (χ4n) is 4.49. The zero-order chi connectivity index (χ0) is 18.6. The molecular formula is C21H21B5. The van der Waals surface area contributed by atoms with Crippen molar-refractivity contribution in [3.63, 3.8) is 0 Å². The average molecular weight is 327 g/mol. The summed E-state index contributed by atoms with van der Waals surface area (Å²) in [5, 5.41) is 5.43. The van der Waals surface area contributed by atoms with Crippen molar-refractivity contribution in [2.75, 3.05) is 0 Å². The van der Waals surface area contributed by atoms with Crippen LogP contribution in [0.3, 0.4) is 0 Å². The number of hydrogen-bond donors (Lipinski definition) is 0. The van der Waals surface area contributed by atoms with Crippen LogP contribution in [0.5, 0.6) is 0 Å². The van der Waals surface area contributed by atoms with E-state index in [9.17, 15) is 0 Å². The minimum Gasteiger partial charge on any atom is -0.102 e. The summed E-state index contributed by atoms with van der Waals surface area (Å²) in [5.74, 6) is 0.